The molecule has 0 rings (SSSR count). The van der Waals surface area contributed by atoms with E-state index in [0.29, 0.717) is 12.4 Å². The number of nitrogens with zero attached hydrogens (tertiary/aromatic N) is 1. The van der Waals surface area contributed by atoms with Crippen molar-refractivity contribution in [3.8, 4) is 6.07 Å². The molecular weight excluding hydrogens is 164 g/mol. The number of nitrogens with one attached hydrogen (secondary N) is 1. The highest BCUT2D eigenvalue weighted by atomic mass is 32.2. The molecule has 4 nitrogen and oxygen atoms in total. The molecule has 0 atom stereocenters. The molecule has 5 heteroatoms. The first-order valence-electron chi connectivity index (χ1n) is 3.16. The Bertz CT molecular complexity index is 155. The van der Waals surface area contributed by atoms with Crippen LogP contribution in [0.1, 0.15) is 6.92 Å². The van der Waals surface area contributed by atoms with E-state index in [1.807, 2.05) is 6.07 Å². The van der Waals surface area contributed by atoms with Crippen molar-refractivity contribution in [3.05, 3.63) is 0 Å². The van der Waals surface area contributed by atoms with E-state index in [0.717, 1.165) is 0 Å². The van der Waals surface area contributed by atoms with Crippen LogP contribution >= 0.6 is 11.8 Å². The Morgan fingerprint density at radius 2 is 2.55 bits per heavy atom. The van der Waals surface area contributed by atoms with Crippen molar-refractivity contribution < 1.29 is 9.63 Å². The van der Waals surface area contributed by atoms with Gasteiger partial charge in [0.1, 0.15) is 0 Å². The van der Waals surface area contributed by atoms with Gasteiger partial charge in [-0.2, -0.15) is 5.26 Å². The molecule has 0 aliphatic heterocycles. The minimum absolute atomic E-state index is 0.202. The van der Waals surface area contributed by atoms with Crippen molar-refractivity contribution in [2.45, 2.75) is 6.92 Å². The van der Waals surface area contributed by atoms with Gasteiger partial charge in [0, 0.05) is 0 Å². The predicted molar refractivity (Wildman–Crippen MR) is 42.7 cm³/mol. The summed E-state index contributed by atoms with van der Waals surface area (Å²) in [6.45, 7) is 2.23. The van der Waals surface area contributed by atoms with E-state index in [-0.39, 0.29) is 11.7 Å². The maximum Gasteiger partial charge on any atom is 0.253 e. The Morgan fingerprint density at radius 3 is 3.09 bits per heavy atom. The van der Waals surface area contributed by atoms with Crippen LogP contribution in [0.15, 0.2) is 0 Å². The summed E-state index contributed by atoms with van der Waals surface area (Å²) in [6, 6.07) is 1.92. The highest BCUT2D eigenvalue weighted by Gasteiger charge is 1.98. The Balaban J connectivity index is 3.17. The summed E-state index contributed by atoms with van der Waals surface area (Å²) in [7, 11) is 0. The van der Waals surface area contributed by atoms with Crippen molar-refractivity contribution in [2.24, 2.45) is 0 Å². The van der Waals surface area contributed by atoms with Gasteiger partial charge in [-0.25, -0.2) is 5.48 Å². The zero-order valence-electron chi connectivity index (χ0n) is 6.29. The molecule has 11 heavy (non-hydrogen) atoms. The van der Waals surface area contributed by atoms with Crippen LogP contribution in [0.2, 0.25) is 0 Å². The molecule has 0 aromatic rings. The molecule has 0 aliphatic carbocycles. The molecule has 0 heterocycles. The number of nitriles is 1. The molecule has 0 aromatic heterocycles. The lowest BCUT2D eigenvalue weighted by Gasteiger charge is -2.00. The second-order valence-corrected chi connectivity index (χ2v) is 2.59. The van der Waals surface area contributed by atoms with E-state index in [2.05, 4.69) is 10.3 Å². The largest absolute Gasteiger partial charge is 0.274 e. The average molecular weight is 174 g/mol. The van der Waals surface area contributed by atoms with Gasteiger partial charge < -0.3 is 0 Å². The van der Waals surface area contributed by atoms with Crippen LogP contribution < -0.4 is 5.48 Å². The van der Waals surface area contributed by atoms with E-state index in [1.54, 1.807) is 6.92 Å². The Labute approximate surface area is 69.9 Å². The highest BCUT2D eigenvalue weighted by molar-refractivity contribution is 8.00. The van der Waals surface area contributed by atoms with Crippen LogP contribution in [-0.2, 0) is 9.63 Å². The molecule has 0 fully saturated rings. The normalized spacial score (nSPS) is 8.73. The zero-order valence-corrected chi connectivity index (χ0v) is 7.11. The van der Waals surface area contributed by atoms with Crippen molar-refractivity contribution >= 4 is 17.7 Å². The SMILES string of the molecule is CCONC(=O)CSCC#N. The first kappa shape index (κ1) is 10.3. The number of thioether (sulfide) groups is 1. The van der Waals surface area contributed by atoms with E-state index in [9.17, 15) is 4.79 Å². The molecule has 0 aliphatic rings. The topological polar surface area (TPSA) is 62.1 Å². The summed E-state index contributed by atoms with van der Waals surface area (Å²) in [4.78, 5) is 15.3. The minimum atomic E-state index is -0.202. The molecule has 0 bridgehead atoms. The Hall–Kier alpha value is -0.730. The van der Waals surface area contributed by atoms with Gasteiger partial charge in [0.15, 0.2) is 0 Å². The first-order valence-corrected chi connectivity index (χ1v) is 4.32. The van der Waals surface area contributed by atoms with Gasteiger partial charge in [-0.3, -0.25) is 9.63 Å². The molecule has 0 aromatic carbocycles. The van der Waals surface area contributed by atoms with Gasteiger partial charge in [0.25, 0.3) is 5.91 Å². The lowest BCUT2D eigenvalue weighted by atomic mass is 10.7. The summed E-state index contributed by atoms with van der Waals surface area (Å²) in [6.07, 6.45) is 0. The van der Waals surface area contributed by atoms with Crippen LogP contribution in [0.5, 0.6) is 0 Å². The number of hydrogen-bond donors (Lipinski definition) is 1. The standard InChI is InChI=1S/C6H10N2O2S/c1-2-10-8-6(9)5-11-4-3-7/h2,4-5H2,1H3,(H,8,9). The van der Waals surface area contributed by atoms with Gasteiger partial charge in [0.05, 0.1) is 24.2 Å². The molecule has 0 unspecified atom stereocenters. The van der Waals surface area contributed by atoms with Crippen LogP contribution in [-0.4, -0.2) is 24.0 Å². The predicted octanol–water partition coefficient (Wildman–Crippen LogP) is 0.311. The molecule has 0 saturated carbocycles. The third-order valence-electron chi connectivity index (χ3n) is 0.730. The third-order valence-corrected chi connectivity index (χ3v) is 1.53. The maximum absolute atomic E-state index is 10.7. The fourth-order valence-electron chi connectivity index (χ4n) is 0.371. The smallest absolute Gasteiger partial charge is 0.253 e. The van der Waals surface area contributed by atoms with Crippen LogP contribution in [0, 0.1) is 11.3 Å². The third kappa shape index (κ3) is 7.16. The number of rotatable bonds is 5. The average Bonchev–Trinajstić information content (AvgIpc) is 2.01. The maximum atomic E-state index is 10.7. The quantitative estimate of drug-likeness (QED) is 0.481. The van der Waals surface area contributed by atoms with Crippen LogP contribution in [0.25, 0.3) is 0 Å². The summed E-state index contributed by atoms with van der Waals surface area (Å²) in [5, 5.41) is 8.12. The molecule has 0 radical (unpaired) electrons. The van der Waals surface area contributed by atoms with Gasteiger partial charge in [-0.1, -0.05) is 0 Å². The van der Waals surface area contributed by atoms with Crippen LogP contribution in [0.3, 0.4) is 0 Å². The van der Waals surface area contributed by atoms with Gasteiger partial charge in [-0.15, -0.1) is 11.8 Å². The van der Waals surface area contributed by atoms with E-state index < -0.39 is 0 Å². The summed E-state index contributed by atoms with van der Waals surface area (Å²) in [5.74, 6) is 0.403. The van der Waals surface area contributed by atoms with Crippen LogP contribution in [0.4, 0.5) is 0 Å². The second-order valence-electron chi connectivity index (χ2n) is 1.61. The number of hydrogen-bond acceptors (Lipinski definition) is 4. The van der Waals surface area contributed by atoms with Crippen molar-refractivity contribution in [1.29, 1.82) is 5.26 Å². The summed E-state index contributed by atoms with van der Waals surface area (Å²) in [5.41, 5.74) is 2.22. The van der Waals surface area contributed by atoms with E-state index in [1.165, 1.54) is 11.8 Å². The van der Waals surface area contributed by atoms with Gasteiger partial charge in [0.2, 0.25) is 0 Å². The first-order chi connectivity index (χ1) is 5.31. The van der Waals surface area contributed by atoms with Crippen molar-refractivity contribution in [2.75, 3.05) is 18.1 Å². The van der Waals surface area contributed by atoms with Crippen molar-refractivity contribution in [3.63, 3.8) is 0 Å². The second kappa shape index (κ2) is 7.38. The molecule has 62 valence electrons. The lowest BCUT2D eigenvalue weighted by Crippen LogP contribution is -2.25. The molecule has 1 N–H and O–H groups in total. The fourth-order valence-corrected chi connectivity index (χ4v) is 0.809. The summed E-state index contributed by atoms with van der Waals surface area (Å²) < 4.78 is 0. The molecular formula is C6H10N2O2S. The van der Waals surface area contributed by atoms with Gasteiger partial charge >= 0.3 is 0 Å². The summed E-state index contributed by atoms with van der Waals surface area (Å²) >= 11 is 1.26. The minimum Gasteiger partial charge on any atom is -0.274 e. The molecule has 0 spiro atoms. The zero-order chi connectivity index (χ0) is 8.53. The van der Waals surface area contributed by atoms with E-state index >= 15 is 0 Å². The van der Waals surface area contributed by atoms with Gasteiger partial charge in [-0.05, 0) is 6.92 Å². The number of amides is 1. The number of hydroxylamine groups is 1. The molecule has 0 saturated heterocycles. The number of carbonyl (C=O) groups is 1. The van der Waals surface area contributed by atoms with E-state index in [4.69, 9.17) is 5.26 Å². The highest BCUT2D eigenvalue weighted by Crippen LogP contribution is 1.96. The lowest BCUT2D eigenvalue weighted by molar-refractivity contribution is -0.130. The Kier molecular flexibility index (Phi) is 6.89. The Morgan fingerprint density at radius 1 is 1.82 bits per heavy atom. The van der Waals surface area contributed by atoms with Crippen molar-refractivity contribution in [1.82, 2.24) is 5.48 Å². The molecule has 1 amide bonds. The number of carbonyl (C=O) groups excluding carboxylic acids is 1. The monoisotopic (exact) mass is 174 g/mol. The fraction of sp³-hybridized carbons (Fsp3) is 0.667.